The Kier molecular flexibility index (Phi) is 4.87. The van der Waals surface area contributed by atoms with Crippen LogP contribution in [-0.4, -0.2) is 35.4 Å². The third-order valence-corrected chi connectivity index (χ3v) is 3.60. The first kappa shape index (κ1) is 15.5. The van der Waals surface area contributed by atoms with Gasteiger partial charge in [0.2, 0.25) is 0 Å². The van der Waals surface area contributed by atoms with Crippen LogP contribution in [0.15, 0.2) is 30.3 Å². The Balaban J connectivity index is 1.51. The summed E-state index contributed by atoms with van der Waals surface area (Å²) in [5.41, 5.74) is 0.866. The lowest BCUT2D eigenvalue weighted by molar-refractivity contribution is 0.0853. The summed E-state index contributed by atoms with van der Waals surface area (Å²) in [4.78, 5) is 12.0. The van der Waals surface area contributed by atoms with Gasteiger partial charge in [0.25, 0.3) is 5.91 Å². The number of hydrogen-bond acceptors (Lipinski definition) is 4. The van der Waals surface area contributed by atoms with Gasteiger partial charge in [-0.3, -0.25) is 9.89 Å². The van der Waals surface area contributed by atoms with Crippen molar-refractivity contribution in [1.29, 1.82) is 0 Å². The third-order valence-electron chi connectivity index (χ3n) is 3.60. The molecule has 6 nitrogen and oxygen atoms in total. The number of ether oxygens (including phenoxy) is 2. The highest BCUT2D eigenvalue weighted by molar-refractivity contribution is 5.92. The van der Waals surface area contributed by atoms with Gasteiger partial charge in [-0.05, 0) is 31.0 Å². The first-order valence-corrected chi connectivity index (χ1v) is 7.54. The van der Waals surface area contributed by atoms with E-state index < -0.39 is 5.82 Å². The summed E-state index contributed by atoms with van der Waals surface area (Å²) in [6.07, 6.45) is 2.07. The fourth-order valence-corrected chi connectivity index (χ4v) is 2.37. The zero-order valence-corrected chi connectivity index (χ0v) is 12.5. The Morgan fingerprint density at radius 1 is 1.48 bits per heavy atom. The Labute approximate surface area is 133 Å². The van der Waals surface area contributed by atoms with E-state index in [2.05, 4.69) is 15.5 Å². The Hall–Kier alpha value is -2.41. The van der Waals surface area contributed by atoms with Crippen molar-refractivity contribution in [1.82, 2.24) is 15.5 Å². The minimum absolute atomic E-state index is 0.0850. The molecule has 2 heterocycles. The van der Waals surface area contributed by atoms with Crippen molar-refractivity contribution in [3.05, 3.63) is 47.5 Å². The minimum Gasteiger partial charge on any atom is -0.484 e. The highest BCUT2D eigenvalue weighted by atomic mass is 19.1. The molecule has 2 aromatic rings. The molecular formula is C16H18FN3O3. The van der Waals surface area contributed by atoms with Crippen LogP contribution in [0.25, 0.3) is 0 Å². The van der Waals surface area contributed by atoms with E-state index in [-0.39, 0.29) is 30.1 Å². The van der Waals surface area contributed by atoms with Gasteiger partial charge < -0.3 is 14.8 Å². The molecule has 1 aromatic carbocycles. The van der Waals surface area contributed by atoms with Crippen LogP contribution in [0.5, 0.6) is 5.75 Å². The average Bonchev–Trinajstić information content (AvgIpc) is 3.23. The standard InChI is InChI=1S/C16H18FN3O3/c17-13-5-1-2-6-15(13)23-10-11-8-14(20-19-11)16(21)18-9-12-4-3-7-22-12/h1-2,5-6,8,12H,3-4,7,9-10H2,(H,18,21)(H,19,20)/t12-/m1/s1. The van der Waals surface area contributed by atoms with Gasteiger partial charge in [0.1, 0.15) is 12.3 Å². The second-order valence-corrected chi connectivity index (χ2v) is 5.34. The molecule has 1 aliphatic heterocycles. The fraction of sp³-hybridized carbons (Fsp3) is 0.375. The molecule has 1 aliphatic rings. The quantitative estimate of drug-likeness (QED) is 0.854. The largest absolute Gasteiger partial charge is 0.484 e. The minimum atomic E-state index is -0.429. The van der Waals surface area contributed by atoms with Crippen LogP contribution in [-0.2, 0) is 11.3 Å². The molecule has 7 heteroatoms. The molecule has 0 spiro atoms. The number of carbonyl (C=O) groups excluding carboxylic acids is 1. The van der Waals surface area contributed by atoms with Crippen molar-refractivity contribution < 1.29 is 18.7 Å². The Bertz CT molecular complexity index is 668. The van der Waals surface area contributed by atoms with Crippen LogP contribution >= 0.6 is 0 Å². The van der Waals surface area contributed by atoms with Crippen LogP contribution in [0.2, 0.25) is 0 Å². The van der Waals surface area contributed by atoms with Gasteiger partial charge in [0.05, 0.1) is 11.8 Å². The summed E-state index contributed by atoms with van der Waals surface area (Å²) >= 11 is 0. The van der Waals surface area contributed by atoms with E-state index in [0.29, 0.717) is 12.2 Å². The Morgan fingerprint density at radius 3 is 3.13 bits per heavy atom. The van der Waals surface area contributed by atoms with E-state index in [0.717, 1.165) is 19.4 Å². The van der Waals surface area contributed by atoms with Crippen molar-refractivity contribution in [2.45, 2.75) is 25.6 Å². The number of H-pyrrole nitrogens is 1. The van der Waals surface area contributed by atoms with Crippen molar-refractivity contribution >= 4 is 5.91 Å². The van der Waals surface area contributed by atoms with E-state index in [4.69, 9.17) is 9.47 Å². The van der Waals surface area contributed by atoms with Crippen molar-refractivity contribution in [3.63, 3.8) is 0 Å². The van der Waals surface area contributed by atoms with Crippen LogP contribution in [0.3, 0.4) is 0 Å². The lowest BCUT2D eigenvalue weighted by atomic mass is 10.2. The smallest absolute Gasteiger partial charge is 0.271 e. The van der Waals surface area contributed by atoms with E-state index in [1.165, 1.54) is 6.07 Å². The monoisotopic (exact) mass is 319 g/mol. The molecule has 1 aromatic heterocycles. The highest BCUT2D eigenvalue weighted by Gasteiger charge is 2.18. The van der Waals surface area contributed by atoms with Gasteiger partial charge in [0.15, 0.2) is 11.6 Å². The number of para-hydroxylation sites is 1. The maximum absolute atomic E-state index is 13.4. The van der Waals surface area contributed by atoms with Crippen LogP contribution in [0, 0.1) is 5.82 Å². The topological polar surface area (TPSA) is 76.2 Å². The maximum atomic E-state index is 13.4. The SMILES string of the molecule is O=C(NC[C@H]1CCCO1)c1cc(COc2ccccc2F)[nH]n1. The number of aromatic amines is 1. The highest BCUT2D eigenvalue weighted by Crippen LogP contribution is 2.17. The molecule has 0 saturated carbocycles. The molecule has 122 valence electrons. The maximum Gasteiger partial charge on any atom is 0.271 e. The number of nitrogens with one attached hydrogen (secondary N) is 2. The third kappa shape index (κ3) is 4.07. The number of hydrogen-bond donors (Lipinski definition) is 2. The number of aromatic nitrogens is 2. The molecule has 1 fully saturated rings. The van der Waals surface area contributed by atoms with Gasteiger partial charge in [-0.25, -0.2) is 4.39 Å². The molecule has 1 atom stereocenters. The fourth-order valence-electron chi connectivity index (χ4n) is 2.37. The van der Waals surface area contributed by atoms with E-state index in [1.54, 1.807) is 24.3 Å². The van der Waals surface area contributed by atoms with E-state index in [9.17, 15) is 9.18 Å². The van der Waals surface area contributed by atoms with Gasteiger partial charge >= 0.3 is 0 Å². The van der Waals surface area contributed by atoms with Crippen molar-refractivity contribution in [3.8, 4) is 5.75 Å². The molecule has 0 unspecified atom stereocenters. The number of amides is 1. The van der Waals surface area contributed by atoms with Gasteiger partial charge in [0, 0.05) is 13.2 Å². The molecule has 23 heavy (non-hydrogen) atoms. The Morgan fingerprint density at radius 2 is 2.35 bits per heavy atom. The molecule has 0 bridgehead atoms. The number of carbonyl (C=O) groups is 1. The summed E-state index contributed by atoms with van der Waals surface area (Å²) in [5.74, 6) is -0.540. The average molecular weight is 319 g/mol. The molecule has 0 aliphatic carbocycles. The summed E-state index contributed by atoms with van der Waals surface area (Å²) in [6.45, 7) is 1.33. The van der Waals surface area contributed by atoms with E-state index >= 15 is 0 Å². The van der Waals surface area contributed by atoms with Crippen LogP contribution < -0.4 is 10.1 Å². The number of nitrogens with zero attached hydrogens (tertiary/aromatic N) is 1. The lowest BCUT2D eigenvalue weighted by Gasteiger charge is -2.09. The summed E-state index contributed by atoms with van der Waals surface area (Å²) in [5, 5.41) is 9.45. The summed E-state index contributed by atoms with van der Waals surface area (Å²) in [7, 11) is 0. The number of halogens is 1. The summed E-state index contributed by atoms with van der Waals surface area (Å²) < 4.78 is 24.3. The zero-order chi connectivity index (χ0) is 16.1. The number of benzene rings is 1. The van der Waals surface area contributed by atoms with Crippen LogP contribution in [0.1, 0.15) is 29.0 Å². The first-order valence-electron chi connectivity index (χ1n) is 7.54. The van der Waals surface area contributed by atoms with Crippen molar-refractivity contribution in [2.24, 2.45) is 0 Å². The molecular weight excluding hydrogens is 301 g/mol. The van der Waals surface area contributed by atoms with Crippen molar-refractivity contribution in [2.75, 3.05) is 13.2 Å². The van der Waals surface area contributed by atoms with Gasteiger partial charge in [-0.15, -0.1) is 0 Å². The normalized spacial score (nSPS) is 17.2. The summed E-state index contributed by atoms with van der Waals surface area (Å²) in [6, 6.07) is 7.74. The molecule has 0 radical (unpaired) electrons. The predicted octanol–water partition coefficient (Wildman–Crippen LogP) is 2.04. The molecule has 1 amide bonds. The molecule has 1 saturated heterocycles. The zero-order valence-electron chi connectivity index (χ0n) is 12.5. The predicted molar refractivity (Wildman–Crippen MR) is 80.6 cm³/mol. The molecule has 2 N–H and O–H groups in total. The lowest BCUT2D eigenvalue weighted by Crippen LogP contribution is -2.31. The van der Waals surface area contributed by atoms with Crippen LogP contribution in [0.4, 0.5) is 4.39 Å². The van der Waals surface area contributed by atoms with Gasteiger partial charge in [-0.1, -0.05) is 12.1 Å². The molecule has 3 rings (SSSR count). The van der Waals surface area contributed by atoms with Gasteiger partial charge in [-0.2, -0.15) is 5.10 Å². The second-order valence-electron chi connectivity index (χ2n) is 5.34. The van der Waals surface area contributed by atoms with E-state index in [1.807, 2.05) is 0 Å². The first-order chi connectivity index (χ1) is 11.2. The second kappa shape index (κ2) is 7.23. The number of rotatable bonds is 6.